The fourth-order valence-corrected chi connectivity index (χ4v) is 4.64. The van der Waals surface area contributed by atoms with E-state index >= 15 is 0 Å². The Morgan fingerprint density at radius 3 is 2.66 bits per heavy atom. The maximum atomic E-state index is 6.20. The number of aryl methyl sites for hydroxylation is 1. The zero-order chi connectivity index (χ0) is 19.4. The highest BCUT2D eigenvalue weighted by molar-refractivity contribution is 5.62. The molecule has 0 aliphatic heterocycles. The Hall–Kier alpha value is -3.36. The van der Waals surface area contributed by atoms with Gasteiger partial charge in [-0.25, -0.2) is 0 Å². The molecule has 4 aromatic rings. The number of aromatic nitrogens is 7. The summed E-state index contributed by atoms with van der Waals surface area (Å²) >= 11 is 0. The van der Waals surface area contributed by atoms with Crippen LogP contribution in [0.2, 0.25) is 0 Å². The van der Waals surface area contributed by atoms with Crippen LogP contribution in [0.4, 0.5) is 0 Å². The molecule has 4 aromatic heterocycles. The van der Waals surface area contributed by atoms with E-state index in [0.29, 0.717) is 41.9 Å². The molecule has 0 unspecified atom stereocenters. The highest BCUT2D eigenvalue weighted by Gasteiger charge is 2.39. The average Bonchev–Trinajstić information content (AvgIpc) is 3.39. The molecule has 1 saturated carbocycles. The number of nitrogens with zero attached hydrogens (tertiary/aromatic N) is 7. The van der Waals surface area contributed by atoms with E-state index in [1.54, 1.807) is 17.6 Å². The summed E-state index contributed by atoms with van der Waals surface area (Å²) in [7, 11) is 0. The molecule has 3 aliphatic carbocycles. The quantitative estimate of drug-likeness (QED) is 0.524. The number of pyridine rings is 1. The molecule has 7 rings (SSSR count). The van der Waals surface area contributed by atoms with E-state index < -0.39 is 0 Å². The first-order valence-electron chi connectivity index (χ1n) is 9.90. The largest absolute Gasteiger partial charge is 0.470 e. The van der Waals surface area contributed by atoms with Crippen molar-refractivity contribution in [3.63, 3.8) is 0 Å². The topological polar surface area (TPSA) is 104 Å². The van der Waals surface area contributed by atoms with Gasteiger partial charge in [0.25, 0.3) is 5.89 Å². The van der Waals surface area contributed by atoms with Gasteiger partial charge in [-0.1, -0.05) is 11.2 Å². The van der Waals surface area contributed by atoms with Crippen molar-refractivity contribution in [2.75, 3.05) is 0 Å². The zero-order valence-electron chi connectivity index (χ0n) is 15.9. The number of ether oxygens (including phenoxy) is 1. The van der Waals surface area contributed by atoms with Crippen LogP contribution in [0.1, 0.15) is 60.2 Å². The first-order chi connectivity index (χ1) is 14.3. The van der Waals surface area contributed by atoms with Crippen LogP contribution in [0, 0.1) is 6.92 Å². The summed E-state index contributed by atoms with van der Waals surface area (Å²) in [5, 5.41) is 17.4. The fraction of sp³-hybridized carbons (Fsp3) is 0.400. The third kappa shape index (κ3) is 2.60. The monoisotopic (exact) mass is 389 g/mol. The average molecular weight is 389 g/mol. The summed E-state index contributed by atoms with van der Waals surface area (Å²) in [4.78, 5) is 8.65. The van der Waals surface area contributed by atoms with E-state index in [1.807, 2.05) is 18.2 Å². The molecule has 1 fully saturated rings. The van der Waals surface area contributed by atoms with Gasteiger partial charge in [-0.3, -0.25) is 4.98 Å². The van der Waals surface area contributed by atoms with Crippen molar-refractivity contribution < 1.29 is 9.26 Å². The Kier molecular flexibility index (Phi) is 3.62. The number of hydrogen-bond donors (Lipinski definition) is 0. The van der Waals surface area contributed by atoms with Gasteiger partial charge in [-0.05, 0) is 56.6 Å². The Morgan fingerprint density at radius 2 is 1.93 bits per heavy atom. The van der Waals surface area contributed by atoms with E-state index in [1.165, 1.54) is 36.8 Å². The lowest BCUT2D eigenvalue weighted by Gasteiger charge is -2.38. The normalized spacial score (nSPS) is 20.2. The predicted molar refractivity (Wildman–Crippen MR) is 101 cm³/mol. The highest BCUT2D eigenvalue weighted by Crippen LogP contribution is 2.53. The molecule has 3 aliphatic rings. The SMILES string of the molecule is Cc1noc(-c2nnc3c4c(c(OCc5ccccn5)nn23)C2CCC4CC2)n1. The molecule has 4 heterocycles. The van der Waals surface area contributed by atoms with Crippen molar-refractivity contribution in [1.29, 1.82) is 0 Å². The Labute approximate surface area is 166 Å². The number of fused-ring (bicyclic) bond motifs is 3. The lowest BCUT2D eigenvalue weighted by atomic mass is 9.67. The van der Waals surface area contributed by atoms with E-state index in [9.17, 15) is 0 Å². The van der Waals surface area contributed by atoms with Crippen LogP contribution in [-0.4, -0.2) is 34.9 Å². The van der Waals surface area contributed by atoms with Gasteiger partial charge in [0.15, 0.2) is 11.5 Å². The van der Waals surface area contributed by atoms with Crippen LogP contribution in [0.25, 0.3) is 17.4 Å². The molecule has 0 amide bonds. The van der Waals surface area contributed by atoms with Gasteiger partial charge in [0.2, 0.25) is 11.7 Å². The van der Waals surface area contributed by atoms with Crippen LogP contribution in [0.5, 0.6) is 5.88 Å². The van der Waals surface area contributed by atoms with Crippen LogP contribution in [0.3, 0.4) is 0 Å². The zero-order valence-corrected chi connectivity index (χ0v) is 15.9. The van der Waals surface area contributed by atoms with Crippen LogP contribution in [0.15, 0.2) is 28.9 Å². The van der Waals surface area contributed by atoms with Gasteiger partial charge >= 0.3 is 0 Å². The van der Waals surface area contributed by atoms with Gasteiger partial charge in [0.1, 0.15) is 6.61 Å². The van der Waals surface area contributed by atoms with Crippen LogP contribution < -0.4 is 4.74 Å². The lowest BCUT2D eigenvalue weighted by Crippen LogP contribution is -2.25. The van der Waals surface area contributed by atoms with E-state index in [4.69, 9.17) is 14.4 Å². The molecule has 0 radical (unpaired) electrons. The molecule has 0 spiro atoms. The Balaban J connectivity index is 1.51. The fourth-order valence-electron chi connectivity index (χ4n) is 4.64. The van der Waals surface area contributed by atoms with Gasteiger partial charge in [0.05, 0.1) is 5.69 Å². The van der Waals surface area contributed by atoms with E-state index in [0.717, 1.165) is 11.3 Å². The molecular formula is C20H19N7O2. The second-order valence-electron chi connectivity index (χ2n) is 7.70. The van der Waals surface area contributed by atoms with Crippen molar-refractivity contribution >= 4 is 5.65 Å². The van der Waals surface area contributed by atoms with Crippen molar-refractivity contribution in [3.8, 4) is 17.6 Å². The Bertz CT molecular complexity index is 1190. The molecule has 2 bridgehead atoms. The van der Waals surface area contributed by atoms with E-state index in [-0.39, 0.29) is 0 Å². The number of rotatable bonds is 4. The van der Waals surface area contributed by atoms with Crippen molar-refractivity contribution in [2.45, 2.75) is 51.0 Å². The molecule has 0 saturated heterocycles. The molecule has 29 heavy (non-hydrogen) atoms. The molecule has 0 aromatic carbocycles. The maximum absolute atomic E-state index is 6.20. The van der Waals surface area contributed by atoms with Gasteiger partial charge < -0.3 is 9.26 Å². The second kappa shape index (κ2) is 6.33. The minimum atomic E-state index is 0.305. The molecule has 0 atom stereocenters. The van der Waals surface area contributed by atoms with Crippen molar-refractivity contribution in [2.24, 2.45) is 0 Å². The summed E-state index contributed by atoms with van der Waals surface area (Å²) in [6, 6.07) is 5.79. The predicted octanol–water partition coefficient (Wildman–Crippen LogP) is 3.21. The van der Waals surface area contributed by atoms with E-state index in [2.05, 4.69) is 25.3 Å². The molecule has 9 nitrogen and oxygen atoms in total. The molecular weight excluding hydrogens is 370 g/mol. The number of hydrogen-bond acceptors (Lipinski definition) is 8. The van der Waals surface area contributed by atoms with Crippen molar-refractivity contribution in [1.82, 2.24) is 34.9 Å². The minimum absolute atomic E-state index is 0.305. The highest BCUT2D eigenvalue weighted by atomic mass is 16.5. The maximum Gasteiger partial charge on any atom is 0.297 e. The van der Waals surface area contributed by atoms with Crippen LogP contribution in [-0.2, 0) is 6.61 Å². The molecule has 0 N–H and O–H groups in total. The van der Waals surface area contributed by atoms with Crippen LogP contribution >= 0.6 is 0 Å². The first kappa shape index (κ1) is 16.6. The third-order valence-electron chi connectivity index (χ3n) is 5.94. The summed E-state index contributed by atoms with van der Waals surface area (Å²) in [6.45, 7) is 2.13. The van der Waals surface area contributed by atoms with Gasteiger partial charge in [-0.15, -0.1) is 15.3 Å². The lowest BCUT2D eigenvalue weighted by molar-refractivity contribution is 0.265. The molecule has 9 heteroatoms. The van der Waals surface area contributed by atoms with Gasteiger partial charge in [0, 0.05) is 17.3 Å². The van der Waals surface area contributed by atoms with Crippen molar-refractivity contribution in [3.05, 3.63) is 47.0 Å². The summed E-state index contributed by atoms with van der Waals surface area (Å²) < 4.78 is 13.2. The summed E-state index contributed by atoms with van der Waals surface area (Å²) in [5.74, 6) is 2.83. The summed E-state index contributed by atoms with van der Waals surface area (Å²) in [6.07, 6.45) is 6.43. The first-order valence-corrected chi connectivity index (χ1v) is 9.90. The van der Waals surface area contributed by atoms with Gasteiger partial charge in [-0.2, -0.15) is 9.50 Å². The molecule has 146 valence electrons. The minimum Gasteiger partial charge on any atom is -0.470 e. The Morgan fingerprint density at radius 1 is 1.10 bits per heavy atom. The smallest absolute Gasteiger partial charge is 0.297 e. The third-order valence-corrected chi connectivity index (χ3v) is 5.94. The second-order valence-corrected chi connectivity index (χ2v) is 7.70. The summed E-state index contributed by atoms with van der Waals surface area (Å²) in [5.41, 5.74) is 4.04. The standard InChI is InChI=1S/C20H19N7O2/c1-11-22-20(29-26-11)18-24-23-17-15-12-5-7-13(8-6-12)16(15)19(25-27(17)18)28-10-14-4-2-3-9-21-14/h2-4,9,12-13H,5-8,10H2,1H3.